The lowest BCUT2D eigenvalue weighted by molar-refractivity contribution is -0.127. The summed E-state index contributed by atoms with van der Waals surface area (Å²) >= 11 is 10.2. The molecule has 0 radical (unpaired) electrons. The van der Waals surface area contributed by atoms with Crippen LogP contribution in [0.1, 0.15) is 11.1 Å². The topological polar surface area (TPSA) is 75.7 Å². The highest BCUT2D eigenvalue weighted by atomic mass is 79.9. The molecule has 1 saturated heterocycles. The van der Waals surface area contributed by atoms with E-state index >= 15 is 0 Å². The monoisotopic (exact) mass is 494 g/mol. The fourth-order valence-corrected chi connectivity index (χ4v) is 4.15. The Hall–Kier alpha value is -2.29. The number of nitrogens with zero attached hydrogens (tertiary/aromatic N) is 1. The van der Waals surface area contributed by atoms with Crippen molar-refractivity contribution in [1.29, 1.82) is 0 Å². The number of hydrogen-bond acceptors (Lipinski definition) is 5. The molecule has 6 nitrogen and oxygen atoms in total. The molecule has 0 unspecified atom stereocenters. The first-order valence-corrected chi connectivity index (χ1v) is 10.4. The number of amides is 3. The van der Waals surface area contributed by atoms with E-state index in [0.717, 1.165) is 32.3 Å². The number of nitrogens with one attached hydrogen (secondary N) is 1. The average molecular weight is 496 g/mol. The minimum atomic E-state index is -0.510. The van der Waals surface area contributed by atoms with E-state index in [2.05, 4.69) is 21.2 Å². The number of imide groups is 1. The van der Waals surface area contributed by atoms with Gasteiger partial charge in [0.15, 0.2) is 0 Å². The molecule has 1 N–H and O–H groups in total. The van der Waals surface area contributed by atoms with Crippen LogP contribution in [0.4, 0.5) is 10.5 Å². The highest BCUT2D eigenvalue weighted by molar-refractivity contribution is 9.10. The Bertz CT molecular complexity index is 1040. The molecule has 0 bridgehead atoms. The van der Waals surface area contributed by atoms with Crippen molar-refractivity contribution >= 4 is 68.1 Å². The second kappa shape index (κ2) is 9.02. The molecule has 3 amide bonds. The van der Waals surface area contributed by atoms with Gasteiger partial charge in [-0.05, 0) is 76.1 Å². The summed E-state index contributed by atoms with van der Waals surface area (Å²) in [6, 6.07) is 10.4. The summed E-state index contributed by atoms with van der Waals surface area (Å²) in [6.07, 6.45) is 1.60. The van der Waals surface area contributed by atoms with Gasteiger partial charge in [0, 0.05) is 10.7 Å². The molecule has 0 spiro atoms. The van der Waals surface area contributed by atoms with Gasteiger partial charge in [-0.15, -0.1) is 0 Å². The zero-order valence-corrected chi connectivity index (χ0v) is 18.7. The number of rotatable bonds is 5. The van der Waals surface area contributed by atoms with Crippen LogP contribution in [-0.4, -0.2) is 35.6 Å². The van der Waals surface area contributed by atoms with Crippen LogP contribution in [0.2, 0.25) is 5.02 Å². The fourth-order valence-electron chi connectivity index (χ4n) is 2.57. The maximum absolute atomic E-state index is 12.6. The van der Waals surface area contributed by atoms with Gasteiger partial charge in [0.05, 0.1) is 16.5 Å². The average Bonchev–Trinajstić information content (AvgIpc) is 2.92. The van der Waals surface area contributed by atoms with E-state index in [0.29, 0.717) is 16.5 Å². The van der Waals surface area contributed by atoms with E-state index in [1.54, 1.807) is 49.6 Å². The van der Waals surface area contributed by atoms with Crippen LogP contribution in [0, 0.1) is 6.92 Å². The van der Waals surface area contributed by atoms with Crippen molar-refractivity contribution in [1.82, 2.24) is 4.90 Å². The van der Waals surface area contributed by atoms with Crippen LogP contribution < -0.4 is 10.1 Å². The molecule has 3 rings (SSSR count). The second-order valence-electron chi connectivity index (χ2n) is 6.17. The molecule has 1 heterocycles. The Labute approximate surface area is 185 Å². The lowest BCUT2D eigenvalue weighted by Crippen LogP contribution is -2.36. The number of carbonyl (C=O) groups excluding carboxylic acids is 3. The quantitative estimate of drug-likeness (QED) is 0.585. The van der Waals surface area contributed by atoms with E-state index in [-0.39, 0.29) is 11.4 Å². The summed E-state index contributed by atoms with van der Waals surface area (Å²) in [5.41, 5.74) is 2.10. The Morgan fingerprint density at radius 2 is 2.03 bits per heavy atom. The zero-order chi connectivity index (χ0) is 21.1. The maximum atomic E-state index is 12.6. The predicted octanol–water partition coefficient (Wildman–Crippen LogP) is 5.09. The van der Waals surface area contributed by atoms with Gasteiger partial charge >= 0.3 is 0 Å². The van der Waals surface area contributed by atoms with Gasteiger partial charge in [-0.2, -0.15) is 0 Å². The Kier molecular flexibility index (Phi) is 6.66. The van der Waals surface area contributed by atoms with Crippen LogP contribution in [-0.2, 0) is 9.59 Å². The van der Waals surface area contributed by atoms with Crippen molar-refractivity contribution < 1.29 is 19.1 Å². The van der Waals surface area contributed by atoms with Crippen molar-refractivity contribution in [2.75, 3.05) is 19.0 Å². The minimum absolute atomic E-state index is 0.248. The lowest BCUT2D eigenvalue weighted by Gasteiger charge is -2.13. The standard InChI is InChI=1S/C20H16BrClN2O4S/c1-11-3-5-13(9-15(11)22)23-18(25)10-24-19(26)17(29-20(24)27)8-12-4-6-16(28-2)14(21)7-12/h3-9H,10H2,1-2H3,(H,23,25)/b17-8+. The SMILES string of the molecule is COc1ccc(/C=C2/SC(=O)N(CC(=O)Nc3ccc(C)c(Cl)c3)C2=O)cc1Br. The number of aryl methyl sites for hydroxylation is 1. The van der Waals surface area contributed by atoms with Gasteiger partial charge in [-0.25, -0.2) is 0 Å². The van der Waals surface area contributed by atoms with E-state index in [1.165, 1.54) is 0 Å². The first kappa shape index (κ1) is 21.4. The summed E-state index contributed by atoms with van der Waals surface area (Å²) in [7, 11) is 1.56. The fraction of sp³-hybridized carbons (Fsp3) is 0.150. The second-order valence-corrected chi connectivity index (χ2v) is 8.43. The molecule has 29 heavy (non-hydrogen) atoms. The highest BCUT2D eigenvalue weighted by Gasteiger charge is 2.36. The largest absolute Gasteiger partial charge is 0.496 e. The number of hydrogen-bond donors (Lipinski definition) is 1. The summed E-state index contributed by atoms with van der Waals surface area (Å²) in [6.45, 7) is 1.47. The van der Waals surface area contributed by atoms with Crippen molar-refractivity contribution in [3.05, 3.63) is 61.9 Å². The molecule has 2 aromatic rings. The number of ether oxygens (including phenoxy) is 1. The Balaban J connectivity index is 1.70. The molecule has 1 fully saturated rings. The minimum Gasteiger partial charge on any atom is -0.496 e. The number of thioether (sulfide) groups is 1. The van der Waals surface area contributed by atoms with E-state index < -0.39 is 17.1 Å². The van der Waals surface area contributed by atoms with Crippen molar-refractivity contribution in [3.8, 4) is 5.75 Å². The third-order valence-electron chi connectivity index (χ3n) is 4.10. The number of carbonyl (C=O) groups is 3. The van der Waals surface area contributed by atoms with Crippen molar-refractivity contribution in [3.63, 3.8) is 0 Å². The molecule has 0 atom stereocenters. The molecule has 150 valence electrons. The van der Waals surface area contributed by atoms with Crippen molar-refractivity contribution in [2.45, 2.75) is 6.92 Å². The Morgan fingerprint density at radius 1 is 1.28 bits per heavy atom. The third kappa shape index (κ3) is 5.01. The summed E-state index contributed by atoms with van der Waals surface area (Å²) in [4.78, 5) is 38.3. The maximum Gasteiger partial charge on any atom is 0.294 e. The van der Waals surface area contributed by atoms with Gasteiger partial charge in [0.2, 0.25) is 5.91 Å². The molecule has 9 heteroatoms. The van der Waals surface area contributed by atoms with Crippen LogP contribution >= 0.6 is 39.3 Å². The normalized spacial score (nSPS) is 15.2. The smallest absolute Gasteiger partial charge is 0.294 e. The molecule has 0 saturated carbocycles. The van der Waals surface area contributed by atoms with Gasteiger partial charge in [0.1, 0.15) is 12.3 Å². The first-order valence-electron chi connectivity index (χ1n) is 8.43. The molecular weight excluding hydrogens is 480 g/mol. The first-order chi connectivity index (χ1) is 13.8. The Morgan fingerprint density at radius 3 is 2.69 bits per heavy atom. The van der Waals surface area contributed by atoms with Crippen LogP contribution in [0.5, 0.6) is 5.75 Å². The van der Waals surface area contributed by atoms with Gasteiger partial charge in [-0.3, -0.25) is 19.3 Å². The van der Waals surface area contributed by atoms with Crippen molar-refractivity contribution in [2.24, 2.45) is 0 Å². The summed E-state index contributed by atoms with van der Waals surface area (Å²) in [5, 5.41) is 2.67. The highest BCUT2D eigenvalue weighted by Crippen LogP contribution is 2.33. The summed E-state index contributed by atoms with van der Waals surface area (Å²) in [5.74, 6) is -0.340. The van der Waals surface area contributed by atoms with Crippen LogP contribution in [0.25, 0.3) is 6.08 Å². The molecule has 1 aliphatic heterocycles. The number of methoxy groups -OCH3 is 1. The molecule has 2 aromatic carbocycles. The van der Waals surface area contributed by atoms with Gasteiger partial charge in [-0.1, -0.05) is 23.7 Å². The zero-order valence-electron chi connectivity index (χ0n) is 15.5. The summed E-state index contributed by atoms with van der Waals surface area (Å²) < 4.78 is 5.90. The molecule has 0 aliphatic carbocycles. The molecule has 1 aliphatic rings. The molecular formula is C20H16BrClN2O4S. The van der Waals surface area contributed by atoms with E-state index in [4.69, 9.17) is 16.3 Å². The van der Waals surface area contributed by atoms with E-state index in [9.17, 15) is 14.4 Å². The molecule has 0 aromatic heterocycles. The lowest BCUT2D eigenvalue weighted by atomic mass is 10.2. The predicted molar refractivity (Wildman–Crippen MR) is 118 cm³/mol. The third-order valence-corrected chi connectivity index (χ3v) is 6.04. The number of benzene rings is 2. The van der Waals surface area contributed by atoms with Gasteiger partial charge in [0.25, 0.3) is 11.1 Å². The van der Waals surface area contributed by atoms with Crippen LogP contribution in [0.3, 0.4) is 0 Å². The van der Waals surface area contributed by atoms with E-state index in [1.807, 2.05) is 6.92 Å². The number of halogens is 2. The van der Waals surface area contributed by atoms with Crippen LogP contribution in [0.15, 0.2) is 45.8 Å². The number of anilines is 1. The van der Waals surface area contributed by atoms with Gasteiger partial charge < -0.3 is 10.1 Å².